The number of rotatable bonds is 6. The molecule has 0 spiro atoms. The van der Waals surface area contributed by atoms with Crippen molar-refractivity contribution in [3.63, 3.8) is 0 Å². The highest BCUT2D eigenvalue weighted by Gasteiger charge is 2.20. The van der Waals surface area contributed by atoms with Gasteiger partial charge in [0.15, 0.2) is 0 Å². The summed E-state index contributed by atoms with van der Waals surface area (Å²) in [5.41, 5.74) is 4.09. The van der Waals surface area contributed by atoms with Crippen LogP contribution in [0.5, 0.6) is 0 Å². The Balaban J connectivity index is 2.33. The van der Waals surface area contributed by atoms with Gasteiger partial charge in [-0.2, -0.15) is 0 Å². The van der Waals surface area contributed by atoms with E-state index in [1.54, 1.807) is 0 Å². The summed E-state index contributed by atoms with van der Waals surface area (Å²) in [6.07, 6.45) is 1.03. The lowest BCUT2D eigenvalue weighted by Gasteiger charge is -2.23. The quantitative estimate of drug-likeness (QED) is 0.841. The van der Waals surface area contributed by atoms with E-state index in [1.807, 2.05) is 62.4 Å². The molecule has 24 heavy (non-hydrogen) atoms. The first-order chi connectivity index (χ1) is 11.3. The average molecular weight is 346 g/mol. The topological polar surface area (TPSA) is 75.3 Å². The number of hydrogen-bond donors (Lipinski definition) is 2. The van der Waals surface area contributed by atoms with Crippen LogP contribution < -0.4 is 10.0 Å². The number of carbonyl (C=O) groups is 1. The van der Waals surface area contributed by atoms with Crippen LogP contribution in [0.25, 0.3) is 0 Å². The Morgan fingerprint density at radius 3 is 1.83 bits per heavy atom. The Labute approximate surface area is 143 Å². The molecular weight excluding hydrogens is 324 g/mol. The van der Waals surface area contributed by atoms with E-state index in [0.717, 1.165) is 28.5 Å². The normalized spacial score (nSPS) is 11.5. The highest BCUT2D eigenvalue weighted by molar-refractivity contribution is 7.88. The summed E-state index contributed by atoms with van der Waals surface area (Å²) in [6.45, 7) is 3.69. The van der Waals surface area contributed by atoms with Crippen LogP contribution in [0.2, 0.25) is 0 Å². The Bertz CT molecular complexity index is 786. The minimum Gasteiger partial charge on any atom is -0.344 e. The maximum Gasteiger partial charge on any atom is 0.235 e. The molecule has 0 aromatic heterocycles. The number of nitrogens with one attached hydrogen (secondary N) is 2. The molecule has 1 amide bonds. The van der Waals surface area contributed by atoms with E-state index < -0.39 is 10.0 Å². The summed E-state index contributed by atoms with van der Waals surface area (Å²) < 4.78 is 24.6. The Morgan fingerprint density at radius 2 is 1.42 bits per heavy atom. The van der Waals surface area contributed by atoms with Crippen molar-refractivity contribution < 1.29 is 13.2 Å². The lowest BCUT2D eigenvalue weighted by Crippen LogP contribution is -2.39. The second-order valence-corrected chi connectivity index (χ2v) is 7.64. The van der Waals surface area contributed by atoms with Gasteiger partial charge in [0.1, 0.15) is 0 Å². The van der Waals surface area contributed by atoms with E-state index >= 15 is 0 Å². The van der Waals surface area contributed by atoms with E-state index in [4.69, 9.17) is 0 Å². The largest absolute Gasteiger partial charge is 0.344 e. The van der Waals surface area contributed by atoms with Crippen LogP contribution in [0.4, 0.5) is 0 Å². The first kappa shape index (κ1) is 18.2. The molecule has 0 unspecified atom stereocenters. The fourth-order valence-electron chi connectivity index (χ4n) is 2.55. The number of aryl methyl sites for hydroxylation is 2. The fourth-order valence-corrected chi connectivity index (χ4v) is 2.95. The predicted octanol–water partition coefficient (Wildman–Crippen LogP) is 2.06. The smallest absolute Gasteiger partial charge is 0.235 e. The molecule has 6 heteroatoms. The van der Waals surface area contributed by atoms with Crippen molar-refractivity contribution in [2.24, 2.45) is 0 Å². The van der Waals surface area contributed by atoms with Crippen molar-refractivity contribution in [3.8, 4) is 0 Å². The van der Waals surface area contributed by atoms with Crippen LogP contribution in [-0.4, -0.2) is 27.1 Å². The molecule has 2 aromatic rings. The van der Waals surface area contributed by atoms with Crippen LogP contribution in [-0.2, 0) is 14.8 Å². The number of hydrogen-bond acceptors (Lipinski definition) is 3. The summed E-state index contributed by atoms with van der Waals surface area (Å²) in [6, 6.07) is 15.3. The molecule has 0 heterocycles. The van der Waals surface area contributed by atoms with Gasteiger partial charge >= 0.3 is 0 Å². The Hall–Kier alpha value is -2.18. The minimum absolute atomic E-state index is 0.285. The van der Waals surface area contributed by atoms with Gasteiger partial charge in [0.05, 0.1) is 18.8 Å². The molecule has 2 rings (SSSR count). The summed E-state index contributed by atoms with van der Waals surface area (Å²) >= 11 is 0. The summed E-state index contributed by atoms with van der Waals surface area (Å²) in [7, 11) is -3.41. The maximum absolute atomic E-state index is 12.2. The summed E-state index contributed by atoms with van der Waals surface area (Å²) in [4.78, 5) is 12.2. The second kappa shape index (κ2) is 7.59. The van der Waals surface area contributed by atoms with E-state index in [2.05, 4.69) is 10.0 Å². The van der Waals surface area contributed by atoms with Crippen molar-refractivity contribution in [1.29, 1.82) is 0 Å². The lowest BCUT2D eigenvalue weighted by molar-refractivity contribution is -0.120. The molecule has 0 bridgehead atoms. The van der Waals surface area contributed by atoms with Gasteiger partial charge in [-0.05, 0) is 36.1 Å². The van der Waals surface area contributed by atoms with Gasteiger partial charge in [0, 0.05) is 0 Å². The van der Waals surface area contributed by atoms with Crippen LogP contribution >= 0.6 is 0 Å². The van der Waals surface area contributed by atoms with Crippen LogP contribution in [0.15, 0.2) is 48.5 Å². The molecule has 0 fully saturated rings. The monoisotopic (exact) mass is 346 g/mol. The van der Waals surface area contributed by atoms with Crippen molar-refractivity contribution >= 4 is 15.9 Å². The van der Waals surface area contributed by atoms with Gasteiger partial charge in [-0.25, -0.2) is 13.1 Å². The van der Waals surface area contributed by atoms with Gasteiger partial charge in [-0.3, -0.25) is 4.79 Å². The molecule has 128 valence electrons. The lowest BCUT2D eigenvalue weighted by atomic mass is 9.92. The number of carbonyl (C=O) groups excluding carboxylic acids is 1. The zero-order valence-electron chi connectivity index (χ0n) is 14.0. The standard InChI is InChI=1S/C18H22N2O3S/c1-13-8-4-6-10-15(13)18(16-11-7-5-9-14(16)2)20-17(21)12-19-24(3,22)23/h4-11,18-19H,12H2,1-3H3,(H,20,21). The third-order valence-corrected chi connectivity index (χ3v) is 4.47. The van der Waals surface area contributed by atoms with Gasteiger partial charge in [-0.15, -0.1) is 0 Å². The van der Waals surface area contributed by atoms with Crippen molar-refractivity contribution in [2.75, 3.05) is 12.8 Å². The average Bonchev–Trinajstić information content (AvgIpc) is 2.52. The molecule has 0 saturated carbocycles. The highest BCUT2D eigenvalue weighted by atomic mass is 32.2. The Morgan fingerprint density at radius 1 is 0.958 bits per heavy atom. The highest BCUT2D eigenvalue weighted by Crippen LogP contribution is 2.27. The van der Waals surface area contributed by atoms with E-state index in [-0.39, 0.29) is 18.5 Å². The summed E-state index contributed by atoms with van der Waals surface area (Å²) in [5.74, 6) is -0.378. The molecule has 0 aliphatic heterocycles. The molecule has 2 aromatic carbocycles. The first-order valence-electron chi connectivity index (χ1n) is 7.63. The number of amides is 1. The molecule has 0 saturated heterocycles. The van der Waals surface area contributed by atoms with Crippen molar-refractivity contribution in [3.05, 3.63) is 70.8 Å². The SMILES string of the molecule is Cc1ccccc1C(NC(=O)CNS(C)(=O)=O)c1ccccc1C. The van der Waals surface area contributed by atoms with Crippen molar-refractivity contribution in [2.45, 2.75) is 19.9 Å². The zero-order valence-corrected chi connectivity index (χ0v) is 14.9. The van der Waals surface area contributed by atoms with Crippen LogP contribution in [0, 0.1) is 13.8 Å². The Kier molecular flexibility index (Phi) is 5.75. The van der Waals surface area contributed by atoms with Gasteiger partial charge in [0.2, 0.25) is 15.9 Å². The minimum atomic E-state index is -3.41. The van der Waals surface area contributed by atoms with Crippen LogP contribution in [0.1, 0.15) is 28.3 Å². The number of benzene rings is 2. The molecule has 0 aliphatic rings. The van der Waals surface area contributed by atoms with Gasteiger partial charge in [0.25, 0.3) is 0 Å². The maximum atomic E-state index is 12.2. The fraction of sp³-hybridized carbons (Fsp3) is 0.278. The van der Waals surface area contributed by atoms with E-state index in [9.17, 15) is 13.2 Å². The van der Waals surface area contributed by atoms with Crippen molar-refractivity contribution in [1.82, 2.24) is 10.0 Å². The molecule has 0 aliphatic carbocycles. The van der Waals surface area contributed by atoms with Gasteiger partial charge < -0.3 is 5.32 Å². The molecule has 5 nitrogen and oxygen atoms in total. The first-order valence-corrected chi connectivity index (χ1v) is 9.52. The molecule has 2 N–H and O–H groups in total. The number of sulfonamides is 1. The third kappa shape index (κ3) is 4.91. The third-order valence-electron chi connectivity index (χ3n) is 3.80. The van der Waals surface area contributed by atoms with Gasteiger partial charge in [-0.1, -0.05) is 48.5 Å². The molecule has 0 atom stereocenters. The molecule has 0 radical (unpaired) electrons. The summed E-state index contributed by atoms with van der Waals surface area (Å²) in [5, 5.41) is 2.94. The second-order valence-electron chi connectivity index (χ2n) is 5.81. The van der Waals surface area contributed by atoms with Crippen LogP contribution in [0.3, 0.4) is 0 Å². The zero-order chi connectivity index (χ0) is 17.7. The van der Waals surface area contributed by atoms with E-state index in [0.29, 0.717) is 0 Å². The predicted molar refractivity (Wildman–Crippen MR) is 95.2 cm³/mol. The van der Waals surface area contributed by atoms with E-state index in [1.165, 1.54) is 0 Å². The molecular formula is C18H22N2O3S.